The zero-order valence-corrected chi connectivity index (χ0v) is 16.0. The summed E-state index contributed by atoms with van der Waals surface area (Å²) in [4.78, 5) is 28.8. The molecular weight excluding hydrogens is 352 g/mol. The van der Waals surface area contributed by atoms with Crippen LogP contribution in [-0.2, 0) is 9.59 Å². The fourth-order valence-electron chi connectivity index (χ4n) is 3.77. The molecule has 4 rings (SSSR count). The van der Waals surface area contributed by atoms with Crippen LogP contribution in [-0.4, -0.2) is 42.5 Å². The summed E-state index contributed by atoms with van der Waals surface area (Å²) in [6.07, 6.45) is 2.76. The number of rotatable bonds is 4. The summed E-state index contributed by atoms with van der Waals surface area (Å²) in [5.41, 5.74) is 3.25. The second-order valence-corrected chi connectivity index (χ2v) is 7.15. The van der Waals surface area contributed by atoms with Crippen LogP contribution in [0.25, 0.3) is 5.57 Å². The van der Waals surface area contributed by atoms with Gasteiger partial charge in [0, 0.05) is 26.1 Å². The van der Waals surface area contributed by atoms with Gasteiger partial charge in [-0.2, -0.15) is 0 Å². The SMILES string of the molecule is CC1Oc2ccccc2N(CCC(=O)N2CC=C(c3ccccc3)CC2)C1=O. The summed E-state index contributed by atoms with van der Waals surface area (Å²) in [5, 5.41) is 0. The molecular formula is C23H24N2O3. The van der Waals surface area contributed by atoms with Crippen LogP contribution < -0.4 is 9.64 Å². The van der Waals surface area contributed by atoms with Gasteiger partial charge in [-0.3, -0.25) is 9.59 Å². The van der Waals surface area contributed by atoms with Gasteiger partial charge in [-0.15, -0.1) is 0 Å². The predicted molar refractivity (Wildman–Crippen MR) is 109 cm³/mol. The topological polar surface area (TPSA) is 49.9 Å². The van der Waals surface area contributed by atoms with Gasteiger partial charge in [0.15, 0.2) is 6.10 Å². The third-order valence-electron chi connectivity index (χ3n) is 5.33. The van der Waals surface area contributed by atoms with E-state index in [0.717, 1.165) is 12.1 Å². The van der Waals surface area contributed by atoms with Crippen LogP contribution in [0.2, 0.25) is 0 Å². The summed E-state index contributed by atoms with van der Waals surface area (Å²) < 4.78 is 5.66. The van der Waals surface area contributed by atoms with Crippen LogP contribution in [0, 0.1) is 0 Å². The summed E-state index contributed by atoms with van der Waals surface area (Å²) in [6.45, 7) is 3.44. The van der Waals surface area contributed by atoms with Crippen LogP contribution in [0.3, 0.4) is 0 Å². The molecule has 0 aromatic heterocycles. The van der Waals surface area contributed by atoms with E-state index in [2.05, 4.69) is 18.2 Å². The lowest BCUT2D eigenvalue weighted by Crippen LogP contribution is -2.46. The molecule has 2 aromatic rings. The Morgan fingerprint density at radius 2 is 1.86 bits per heavy atom. The molecule has 2 aliphatic heterocycles. The number of carbonyl (C=O) groups is 2. The average molecular weight is 376 g/mol. The smallest absolute Gasteiger partial charge is 0.267 e. The highest BCUT2D eigenvalue weighted by atomic mass is 16.5. The van der Waals surface area contributed by atoms with Crippen molar-refractivity contribution in [2.24, 2.45) is 0 Å². The van der Waals surface area contributed by atoms with Crippen molar-refractivity contribution in [2.75, 3.05) is 24.5 Å². The van der Waals surface area contributed by atoms with Gasteiger partial charge in [-0.25, -0.2) is 0 Å². The van der Waals surface area contributed by atoms with E-state index in [9.17, 15) is 9.59 Å². The van der Waals surface area contributed by atoms with Crippen LogP contribution in [0.4, 0.5) is 5.69 Å². The molecule has 0 aliphatic carbocycles. The van der Waals surface area contributed by atoms with Crippen molar-refractivity contribution >= 4 is 23.1 Å². The average Bonchev–Trinajstić information content (AvgIpc) is 2.74. The zero-order valence-electron chi connectivity index (χ0n) is 16.0. The first-order valence-corrected chi connectivity index (χ1v) is 9.73. The molecule has 0 saturated carbocycles. The first kappa shape index (κ1) is 18.3. The van der Waals surface area contributed by atoms with Crippen LogP contribution >= 0.6 is 0 Å². The zero-order chi connectivity index (χ0) is 19.5. The number of nitrogens with zero attached hydrogens (tertiary/aromatic N) is 2. The maximum Gasteiger partial charge on any atom is 0.267 e. The third-order valence-corrected chi connectivity index (χ3v) is 5.33. The molecule has 1 atom stereocenters. The molecule has 5 nitrogen and oxygen atoms in total. The van der Waals surface area contributed by atoms with Crippen LogP contribution in [0.5, 0.6) is 5.75 Å². The molecule has 0 fully saturated rings. The highest BCUT2D eigenvalue weighted by molar-refractivity contribution is 6.00. The van der Waals surface area contributed by atoms with Crippen LogP contribution in [0.15, 0.2) is 60.7 Å². The van der Waals surface area contributed by atoms with Crippen molar-refractivity contribution in [3.05, 3.63) is 66.2 Å². The lowest BCUT2D eigenvalue weighted by molar-refractivity contribution is -0.130. The second-order valence-electron chi connectivity index (χ2n) is 7.15. The quantitative estimate of drug-likeness (QED) is 0.821. The van der Waals surface area contributed by atoms with E-state index >= 15 is 0 Å². The van der Waals surface area contributed by atoms with E-state index in [4.69, 9.17) is 4.74 Å². The van der Waals surface area contributed by atoms with E-state index in [1.54, 1.807) is 11.8 Å². The Hall–Kier alpha value is -3.08. The largest absolute Gasteiger partial charge is 0.479 e. The molecule has 144 valence electrons. The summed E-state index contributed by atoms with van der Waals surface area (Å²) in [7, 11) is 0. The first-order valence-electron chi connectivity index (χ1n) is 9.73. The van der Waals surface area contributed by atoms with Gasteiger partial charge < -0.3 is 14.5 Å². The summed E-state index contributed by atoms with van der Waals surface area (Å²) in [6, 6.07) is 17.8. The van der Waals surface area contributed by atoms with E-state index in [0.29, 0.717) is 31.8 Å². The van der Waals surface area contributed by atoms with Gasteiger partial charge in [0.2, 0.25) is 5.91 Å². The number of ether oxygens (including phenoxy) is 1. The molecule has 0 bridgehead atoms. The number of hydrogen-bond acceptors (Lipinski definition) is 3. The van der Waals surface area contributed by atoms with E-state index in [-0.39, 0.29) is 11.8 Å². The molecule has 0 N–H and O–H groups in total. The van der Waals surface area contributed by atoms with Crippen molar-refractivity contribution < 1.29 is 14.3 Å². The highest BCUT2D eigenvalue weighted by Crippen LogP contribution is 2.33. The van der Waals surface area contributed by atoms with Gasteiger partial charge in [0.05, 0.1) is 5.69 Å². The minimum absolute atomic E-state index is 0.0767. The highest BCUT2D eigenvalue weighted by Gasteiger charge is 2.31. The Morgan fingerprint density at radius 1 is 1.11 bits per heavy atom. The Balaban J connectivity index is 1.39. The van der Waals surface area contributed by atoms with Gasteiger partial charge in [-0.05, 0) is 36.6 Å². The fraction of sp³-hybridized carbons (Fsp3) is 0.304. The molecule has 2 aliphatic rings. The van der Waals surface area contributed by atoms with Crippen molar-refractivity contribution in [1.29, 1.82) is 0 Å². The molecule has 0 spiro atoms. The molecule has 0 radical (unpaired) electrons. The van der Waals surface area contributed by atoms with Crippen molar-refractivity contribution in [3.8, 4) is 5.75 Å². The van der Waals surface area contributed by atoms with Crippen LogP contribution in [0.1, 0.15) is 25.3 Å². The van der Waals surface area contributed by atoms with Crippen molar-refractivity contribution in [2.45, 2.75) is 25.9 Å². The Bertz CT molecular complexity index is 907. The molecule has 1 unspecified atom stereocenters. The standard InChI is InChI=1S/C23H24N2O3/c1-17-23(27)25(20-9-5-6-10-21(20)28-17)16-13-22(26)24-14-11-19(12-15-24)18-7-3-2-4-8-18/h2-11,17H,12-16H2,1H3. The van der Waals surface area contributed by atoms with E-state index in [1.807, 2.05) is 47.4 Å². The number of benzene rings is 2. The first-order chi connectivity index (χ1) is 13.6. The normalized spacial score (nSPS) is 19.0. The van der Waals surface area contributed by atoms with Crippen molar-refractivity contribution in [3.63, 3.8) is 0 Å². The summed E-state index contributed by atoms with van der Waals surface area (Å²) >= 11 is 0. The van der Waals surface area contributed by atoms with Gasteiger partial charge in [0.1, 0.15) is 5.75 Å². The summed E-state index contributed by atoms with van der Waals surface area (Å²) in [5.74, 6) is 0.666. The van der Waals surface area contributed by atoms with Gasteiger partial charge >= 0.3 is 0 Å². The number of fused-ring (bicyclic) bond motifs is 1. The molecule has 5 heteroatoms. The number of carbonyl (C=O) groups excluding carboxylic acids is 2. The molecule has 2 aromatic carbocycles. The molecule has 28 heavy (non-hydrogen) atoms. The lowest BCUT2D eigenvalue weighted by Gasteiger charge is -2.33. The maximum absolute atomic E-state index is 12.7. The van der Waals surface area contributed by atoms with Gasteiger partial charge in [-0.1, -0.05) is 48.5 Å². The molecule has 0 saturated heterocycles. The number of amides is 2. The molecule has 2 heterocycles. The number of hydrogen-bond donors (Lipinski definition) is 0. The Morgan fingerprint density at radius 3 is 2.61 bits per heavy atom. The van der Waals surface area contributed by atoms with E-state index < -0.39 is 6.10 Å². The van der Waals surface area contributed by atoms with Crippen molar-refractivity contribution in [1.82, 2.24) is 4.90 Å². The number of anilines is 1. The monoisotopic (exact) mass is 376 g/mol. The molecule has 2 amide bonds. The maximum atomic E-state index is 12.7. The fourth-order valence-corrected chi connectivity index (χ4v) is 3.77. The lowest BCUT2D eigenvalue weighted by atomic mass is 9.99. The Labute approximate surface area is 165 Å². The number of para-hydroxylation sites is 2. The second kappa shape index (κ2) is 7.89. The predicted octanol–water partition coefficient (Wildman–Crippen LogP) is 3.51. The van der Waals surface area contributed by atoms with Gasteiger partial charge in [0.25, 0.3) is 5.91 Å². The third kappa shape index (κ3) is 3.65. The van der Waals surface area contributed by atoms with E-state index in [1.165, 1.54) is 11.1 Å². The minimum atomic E-state index is -0.531. The minimum Gasteiger partial charge on any atom is -0.479 e. The Kier molecular flexibility index (Phi) is 5.15.